The smallest absolute Gasteiger partial charge is 0.410 e. The third-order valence-electron chi connectivity index (χ3n) is 5.47. The lowest BCUT2D eigenvalue weighted by Gasteiger charge is -2.34. The van der Waals surface area contributed by atoms with Crippen molar-refractivity contribution >= 4 is 23.6 Å². The minimum atomic E-state index is -0.533. The van der Waals surface area contributed by atoms with Crippen LogP contribution in [0.1, 0.15) is 62.0 Å². The Morgan fingerprint density at radius 1 is 1.18 bits per heavy atom. The van der Waals surface area contributed by atoms with Crippen LogP contribution in [0.3, 0.4) is 0 Å². The summed E-state index contributed by atoms with van der Waals surface area (Å²) in [5.41, 5.74) is 1.71. The van der Waals surface area contributed by atoms with Crippen molar-refractivity contribution in [2.75, 3.05) is 33.4 Å². The number of carbonyl (C=O) groups excluding carboxylic acids is 2. The number of amides is 2. The number of nitrogens with one attached hydrogen (secondary N) is 1. The number of benzene rings is 1. The van der Waals surface area contributed by atoms with E-state index < -0.39 is 5.60 Å². The first kappa shape index (κ1) is 25.1. The van der Waals surface area contributed by atoms with Crippen LogP contribution in [0.2, 0.25) is 5.02 Å². The van der Waals surface area contributed by atoms with Gasteiger partial charge in [-0.05, 0) is 64.3 Å². The normalized spacial score (nSPS) is 14.9. The quantitative estimate of drug-likeness (QED) is 0.598. The Kier molecular flexibility index (Phi) is 8.37. The lowest BCUT2D eigenvalue weighted by Crippen LogP contribution is -2.41. The number of piperidine rings is 1. The van der Waals surface area contributed by atoms with Gasteiger partial charge in [-0.25, -0.2) is 9.48 Å². The Morgan fingerprint density at radius 3 is 2.45 bits per heavy atom. The van der Waals surface area contributed by atoms with Gasteiger partial charge in [0, 0.05) is 44.3 Å². The van der Waals surface area contributed by atoms with Gasteiger partial charge in [-0.3, -0.25) is 4.79 Å². The maximum atomic E-state index is 13.0. The van der Waals surface area contributed by atoms with Crippen molar-refractivity contribution in [1.29, 1.82) is 0 Å². The van der Waals surface area contributed by atoms with Crippen LogP contribution in [-0.4, -0.2) is 65.6 Å². The zero-order valence-electron chi connectivity index (χ0n) is 19.8. The predicted molar refractivity (Wildman–Crippen MR) is 127 cm³/mol. The fraction of sp³-hybridized carbons (Fsp3) is 0.542. The molecule has 1 fully saturated rings. The number of ether oxygens (including phenoxy) is 2. The maximum Gasteiger partial charge on any atom is 0.410 e. The Morgan fingerprint density at radius 2 is 1.85 bits per heavy atom. The molecule has 3 rings (SSSR count). The van der Waals surface area contributed by atoms with Crippen molar-refractivity contribution in [1.82, 2.24) is 20.0 Å². The molecule has 0 saturated carbocycles. The van der Waals surface area contributed by atoms with E-state index in [4.69, 9.17) is 21.1 Å². The Labute approximate surface area is 200 Å². The third kappa shape index (κ3) is 6.71. The Balaban J connectivity index is 1.81. The second-order valence-corrected chi connectivity index (χ2v) is 9.61. The summed E-state index contributed by atoms with van der Waals surface area (Å²) in [6.45, 7) is 7.80. The molecule has 33 heavy (non-hydrogen) atoms. The molecule has 0 spiro atoms. The highest BCUT2D eigenvalue weighted by atomic mass is 35.5. The van der Waals surface area contributed by atoms with E-state index in [0.717, 1.165) is 17.8 Å². The van der Waals surface area contributed by atoms with E-state index in [-0.39, 0.29) is 17.9 Å². The number of halogens is 1. The van der Waals surface area contributed by atoms with Crippen molar-refractivity contribution in [3.8, 4) is 5.69 Å². The molecule has 0 atom stereocenters. The molecule has 9 heteroatoms. The number of likely N-dealkylation sites (tertiary alicyclic amines) is 1. The van der Waals surface area contributed by atoms with Gasteiger partial charge in [0.1, 0.15) is 5.60 Å². The lowest BCUT2D eigenvalue weighted by atomic mass is 9.91. The first-order valence-corrected chi connectivity index (χ1v) is 11.7. The maximum absolute atomic E-state index is 13.0. The molecule has 0 aliphatic carbocycles. The summed E-state index contributed by atoms with van der Waals surface area (Å²) >= 11 is 6.06. The van der Waals surface area contributed by atoms with Crippen LogP contribution in [0.4, 0.5) is 4.79 Å². The molecule has 1 N–H and O–H groups in total. The second kappa shape index (κ2) is 11.0. The molecule has 8 nitrogen and oxygen atoms in total. The van der Waals surface area contributed by atoms with Gasteiger partial charge in [0.15, 0.2) is 0 Å². The molecule has 1 saturated heterocycles. The number of rotatable bonds is 7. The number of hydrogen-bond acceptors (Lipinski definition) is 5. The summed E-state index contributed by atoms with van der Waals surface area (Å²) in [4.78, 5) is 27.2. The standard InChI is InChI=1S/C24H33ClN4O4/c1-24(2,3)33-23(31)28-13-10-17(11-14-28)21-20(22(30)26-12-5-15-32-4)16-27-29(21)19-8-6-18(25)7-9-19/h6-9,16-17H,5,10-15H2,1-4H3,(H,26,30). The zero-order chi connectivity index (χ0) is 24.0. The second-order valence-electron chi connectivity index (χ2n) is 9.18. The van der Waals surface area contributed by atoms with Crippen molar-refractivity contribution in [3.05, 3.63) is 46.7 Å². The molecule has 0 unspecified atom stereocenters. The highest BCUT2D eigenvalue weighted by Crippen LogP contribution is 2.33. The molecule has 1 aromatic carbocycles. The number of aromatic nitrogens is 2. The van der Waals surface area contributed by atoms with E-state index in [0.29, 0.717) is 49.7 Å². The summed E-state index contributed by atoms with van der Waals surface area (Å²) < 4.78 is 12.4. The van der Waals surface area contributed by atoms with Crippen molar-refractivity contribution < 1.29 is 19.1 Å². The molecule has 1 aliphatic rings. The number of nitrogens with zero attached hydrogens (tertiary/aromatic N) is 3. The molecular weight excluding hydrogens is 444 g/mol. The van der Waals surface area contributed by atoms with Gasteiger partial charge in [-0.2, -0.15) is 5.10 Å². The minimum absolute atomic E-state index is 0.0709. The fourth-order valence-corrected chi connectivity index (χ4v) is 4.02. The largest absolute Gasteiger partial charge is 0.444 e. The summed E-state index contributed by atoms with van der Waals surface area (Å²) in [7, 11) is 1.64. The average Bonchev–Trinajstić information content (AvgIpc) is 3.21. The molecule has 1 aromatic heterocycles. The highest BCUT2D eigenvalue weighted by Gasteiger charge is 2.32. The lowest BCUT2D eigenvalue weighted by molar-refractivity contribution is 0.0203. The number of methoxy groups -OCH3 is 1. The van der Waals surface area contributed by atoms with Crippen LogP contribution in [0.25, 0.3) is 5.69 Å². The summed E-state index contributed by atoms with van der Waals surface area (Å²) in [5, 5.41) is 8.14. The van der Waals surface area contributed by atoms with E-state index in [1.807, 2.05) is 37.6 Å². The molecule has 2 amide bonds. The zero-order valence-corrected chi connectivity index (χ0v) is 20.5. The fourth-order valence-electron chi connectivity index (χ4n) is 3.89. The van der Waals surface area contributed by atoms with Crippen LogP contribution in [0.15, 0.2) is 30.5 Å². The highest BCUT2D eigenvalue weighted by molar-refractivity contribution is 6.30. The predicted octanol–water partition coefficient (Wildman–Crippen LogP) is 4.41. The van der Waals surface area contributed by atoms with Crippen molar-refractivity contribution in [3.63, 3.8) is 0 Å². The number of hydrogen-bond donors (Lipinski definition) is 1. The summed E-state index contributed by atoms with van der Waals surface area (Å²) in [5.74, 6) is -0.0857. The summed E-state index contributed by atoms with van der Waals surface area (Å²) in [6, 6.07) is 7.37. The van der Waals surface area contributed by atoms with E-state index >= 15 is 0 Å². The first-order chi connectivity index (χ1) is 15.7. The molecule has 1 aliphatic heterocycles. The topological polar surface area (TPSA) is 85.7 Å². The molecule has 0 radical (unpaired) electrons. The van der Waals surface area contributed by atoms with E-state index in [1.165, 1.54) is 0 Å². The molecule has 180 valence electrons. The first-order valence-electron chi connectivity index (χ1n) is 11.3. The van der Waals surface area contributed by atoms with Gasteiger partial charge in [-0.15, -0.1) is 0 Å². The third-order valence-corrected chi connectivity index (χ3v) is 5.72. The van der Waals surface area contributed by atoms with Gasteiger partial charge >= 0.3 is 6.09 Å². The molecular formula is C24H33ClN4O4. The van der Waals surface area contributed by atoms with Crippen LogP contribution >= 0.6 is 11.6 Å². The van der Waals surface area contributed by atoms with Gasteiger partial charge in [-0.1, -0.05) is 11.6 Å². The van der Waals surface area contributed by atoms with E-state index in [2.05, 4.69) is 10.4 Å². The Bertz CT molecular complexity index is 944. The van der Waals surface area contributed by atoms with Gasteiger partial charge in [0.2, 0.25) is 0 Å². The average molecular weight is 477 g/mol. The van der Waals surface area contributed by atoms with Crippen molar-refractivity contribution in [2.24, 2.45) is 0 Å². The molecule has 2 aromatic rings. The van der Waals surface area contributed by atoms with Gasteiger partial charge in [0.25, 0.3) is 5.91 Å². The van der Waals surface area contributed by atoms with Crippen LogP contribution < -0.4 is 5.32 Å². The molecule has 0 bridgehead atoms. The van der Waals surface area contributed by atoms with Gasteiger partial charge in [0.05, 0.1) is 23.1 Å². The van der Waals surface area contributed by atoms with Crippen LogP contribution in [-0.2, 0) is 9.47 Å². The number of carbonyl (C=O) groups is 2. The Hall–Kier alpha value is -2.58. The van der Waals surface area contributed by atoms with Crippen molar-refractivity contribution in [2.45, 2.75) is 51.6 Å². The minimum Gasteiger partial charge on any atom is -0.444 e. The van der Waals surface area contributed by atoms with Crippen LogP contribution in [0, 0.1) is 0 Å². The van der Waals surface area contributed by atoms with E-state index in [1.54, 1.807) is 30.3 Å². The SMILES string of the molecule is COCCCNC(=O)c1cnn(-c2ccc(Cl)cc2)c1C1CCN(C(=O)OC(C)(C)C)CC1. The van der Waals surface area contributed by atoms with E-state index in [9.17, 15) is 9.59 Å². The van der Waals surface area contributed by atoms with Crippen LogP contribution in [0.5, 0.6) is 0 Å². The summed E-state index contributed by atoms with van der Waals surface area (Å²) in [6.07, 6.45) is 3.47. The monoisotopic (exact) mass is 476 g/mol. The van der Waals surface area contributed by atoms with Gasteiger partial charge < -0.3 is 19.7 Å². The molecule has 2 heterocycles.